The number of fused-ring (bicyclic) bond motifs is 1. The molecule has 1 saturated carbocycles. The zero-order chi connectivity index (χ0) is 39.5. The predicted octanol–water partition coefficient (Wildman–Crippen LogP) is 6.24. The van der Waals surface area contributed by atoms with Gasteiger partial charge in [-0.05, 0) is 99.7 Å². The van der Waals surface area contributed by atoms with Crippen LogP contribution in [0.15, 0.2) is 60.8 Å². The molecule has 298 valence electrons. The third-order valence-electron chi connectivity index (χ3n) is 12.1. The number of hydrogen-bond acceptors (Lipinski definition) is 9. The van der Waals surface area contributed by atoms with Gasteiger partial charge in [-0.25, -0.2) is 9.18 Å². The summed E-state index contributed by atoms with van der Waals surface area (Å²) in [5.41, 5.74) is 0.993. The van der Waals surface area contributed by atoms with Gasteiger partial charge >= 0.3 is 6.03 Å². The average Bonchev–Trinajstić information content (AvgIpc) is 3.62. The molecule has 4 fully saturated rings. The van der Waals surface area contributed by atoms with Crippen LogP contribution in [0.1, 0.15) is 73.8 Å². The fourth-order valence-electron chi connectivity index (χ4n) is 8.74. The number of amides is 4. The van der Waals surface area contributed by atoms with Gasteiger partial charge in [0.1, 0.15) is 17.5 Å². The normalized spacial score (nSPS) is 21.9. The van der Waals surface area contributed by atoms with Gasteiger partial charge in [0, 0.05) is 69.4 Å². The highest BCUT2D eigenvalue weighted by atomic mass is 35.5. The zero-order valence-electron chi connectivity index (χ0n) is 31.8. The molecule has 4 aromatic rings. The first-order valence-corrected chi connectivity index (χ1v) is 20.4. The fraction of sp³-hybridized carbons (Fsp3) is 0.476. The molecular formula is C42H47ClFN9O4. The molecule has 1 aliphatic carbocycles. The monoisotopic (exact) mass is 795 g/mol. The summed E-state index contributed by atoms with van der Waals surface area (Å²) in [7, 11) is 0. The topological polar surface area (TPSA) is 149 Å². The summed E-state index contributed by atoms with van der Waals surface area (Å²) in [5.74, 6) is 1.42. The second-order valence-corrected chi connectivity index (χ2v) is 16.3. The minimum absolute atomic E-state index is 0.0205. The van der Waals surface area contributed by atoms with Crippen LogP contribution in [0.25, 0.3) is 10.9 Å². The zero-order valence-corrected chi connectivity index (χ0v) is 32.6. The second-order valence-electron chi connectivity index (χ2n) is 15.9. The third-order valence-corrected chi connectivity index (χ3v) is 12.4. The third kappa shape index (κ3) is 8.84. The summed E-state index contributed by atoms with van der Waals surface area (Å²) < 4.78 is 24.3. The maximum absolute atomic E-state index is 16.3. The lowest BCUT2D eigenvalue weighted by Gasteiger charge is -2.40. The van der Waals surface area contributed by atoms with Crippen LogP contribution in [0.2, 0.25) is 5.02 Å². The summed E-state index contributed by atoms with van der Waals surface area (Å²) in [4.78, 5) is 43.4. The van der Waals surface area contributed by atoms with Crippen molar-refractivity contribution in [1.82, 2.24) is 30.3 Å². The van der Waals surface area contributed by atoms with E-state index in [1.807, 2.05) is 41.1 Å². The standard InChI is InChI=1S/C42H47ClFN9O4/c43-34-24-32(7-4-29(34)25-45)57-31-8-5-30(6-9-31)46-40(55)35-10-11-38(49-48-35)51-18-12-28(13-19-51)26-50-22-16-42(44,17-23-50)27-52-20-14-33-36(52)2-1-3-37(33)53-21-15-39(54)47-41(53)56/h1-4,7,10-11,14,20,24,28,30-31H,5-6,8-9,12-13,15-19,21-23,26-27H2,(H,46,55)(H,47,54,56). The molecule has 3 saturated heterocycles. The van der Waals surface area contributed by atoms with Gasteiger partial charge < -0.3 is 24.4 Å². The number of ether oxygens (including phenoxy) is 1. The molecule has 0 atom stereocenters. The Hall–Kier alpha value is -5.26. The quantitative estimate of drug-likeness (QED) is 0.190. The van der Waals surface area contributed by atoms with Gasteiger partial charge in [-0.2, -0.15) is 5.26 Å². The Balaban J connectivity index is 0.756. The Morgan fingerprint density at radius 3 is 2.47 bits per heavy atom. The van der Waals surface area contributed by atoms with Gasteiger partial charge in [-0.3, -0.25) is 19.8 Å². The molecule has 8 rings (SSSR count). The lowest BCUT2D eigenvalue weighted by Crippen LogP contribution is -2.49. The van der Waals surface area contributed by atoms with Crippen LogP contribution >= 0.6 is 11.6 Å². The summed E-state index contributed by atoms with van der Waals surface area (Å²) in [6.07, 6.45) is 8.26. The van der Waals surface area contributed by atoms with Crippen molar-refractivity contribution in [3.8, 4) is 11.8 Å². The maximum Gasteiger partial charge on any atom is 0.328 e. The van der Waals surface area contributed by atoms with Gasteiger partial charge in [0.25, 0.3) is 5.91 Å². The number of likely N-dealkylation sites (tertiary alicyclic amines) is 1. The number of rotatable bonds is 10. The molecule has 0 spiro atoms. The van der Waals surface area contributed by atoms with E-state index in [-0.39, 0.29) is 36.9 Å². The van der Waals surface area contributed by atoms with Crippen molar-refractivity contribution in [2.45, 2.75) is 82.1 Å². The molecule has 0 unspecified atom stereocenters. The Bertz CT molecular complexity index is 2150. The minimum atomic E-state index is -1.32. The molecule has 57 heavy (non-hydrogen) atoms. The molecule has 5 heterocycles. The summed E-state index contributed by atoms with van der Waals surface area (Å²) in [6.45, 7) is 4.64. The molecule has 0 bridgehead atoms. The highest BCUT2D eigenvalue weighted by Gasteiger charge is 2.36. The van der Waals surface area contributed by atoms with E-state index in [2.05, 4.69) is 36.7 Å². The number of nitriles is 1. The van der Waals surface area contributed by atoms with Crippen LogP contribution in [-0.2, 0) is 11.3 Å². The Morgan fingerprint density at radius 2 is 1.77 bits per heavy atom. The van der Waals surface area contributed by atoms with Crippen LogP contribution in [0.5, 0.6) is 5.75 Å². The van der Waals surface area contributed by atoms with Crippen LogP contribution < -0.4 is 25.2 Å². The number of alkyl halides is 1. The van der Waals surface area contributed by atoms with E-state index in [0.29, 0.717) is 60.4 Å². The van der Waals surface area contributed by atoms with Crippen LogP contribution in [0.4, 0.5) is 20.7 Å². The highest BCUT2D eigenvalue weighted by molar-refractivity contribution is 6.31. The molecule has 2 aromatic heterocycles. The SMILES string of the molecule is N#Cc1ccc(OC2CCC(NC(=O)c3ccc(N4CCC(CN5CCC(F)(Cn6ccc7c(N8CCC(=O)NC8=O)cccc76)CC5)CC4)nn3)CC2)cc1Cl. The lowest BCUT2D eigenvalue weighted by atomic mass is 9.90. The van der Waals surface area contributed by atoms with Gasteiger partial charge in [0.15, 0.2) is 11.5 Å². The number of benzene rings is 2. The van der Waals surface area contributed by atoms with Gasteiger partial charge in [0.05, 0.1) is 34.4 Å². The number of imide groups is 1. The van der Waals surface area contributed by atoms with Crippen molar-refractivity contribution in [3.63, 3.8) is 0 Å². The summed E-state index contributed by atoms with van der Waals surface area (Å²) >= 11 is 6.15. The summed E-state index contributed by atoms with van der Waals surface area (Å²) in [5, 5.41) is 24.5. The Labute approximate surface area is 336 Å². The van der Waals surface area contributed by atoms with E-state index in [1.165, 1.54) is 0 Å². The minimum Gasteiger partial charge on any atom is -0.490 e. The van der Waals surface area contributed by atoms with Gasteiger partial charge in [-0.1, -0.05) is 17.7 Å². The highest BCUT2D eigenvalue weighted by Crippen LogP contribution is 2.35. The van der Waals surface area contributed by atoms with Crippen molar-refractivity contribution in [2.24, 2.45) is 5.92 Å². The number of nitrogens with zero attached hydrogens (tertiary/aromatic N) is 7. The number of hydrogen-bond donors (Lipinski definition) is 2. The fourth-order valence-corrected chi connectivity index (χ4v) is 8.95. The number of aromatic nitrogens is 3. The molecular weight excluding hydrogens is 749 g/mol. The molecule has 13 nitrogen and oxygen atoms in total. The van der Waals surface area contributed by atoms with E-state index >= 15 is 4.39 Å². The van der Waals surface area contributed by atoms with Crippen molar-refractivity contribution in [2.75, 3.05) is 49.1 Å². The second kappa shape index (κ2) is 16.7. The van der Waals surface area contributed by atoms with Crippen LogP contribution in [0, 0.1) is 17.2 Å². The molecule has 4 amide bonds. The smallest absolute Gasteiger partial charge is 0.328 e. The predicted molar refractivity (Wildman–Crippen MR) is 214 cm³/mol. The molecule has 4 aliphatic rings. The van der Waals surface area contributed by atoms with Gasteiger partial charge in [0.2, 0.25) is 5.91 Å². The van der Waals surface area contributed by atoms with Crippen molar-refractivity contribution >= 4 is 51.9 Å². The molecule has 0 radical (unpaired) electrons. The van der Waals surface area contributed by atoms with E-state index in [1.54, 1.807) is 29.2 Å². The van der Waals surface area contributed by atoms with Gasteiger partial charge in [-0.15, -0.1) is 10.2 Å². The lowest BCUT2D eigenvalue weighted by molar-refractivity contribution is -0.120. The largest absolute Gasteiger partial charge is 0.490 e. The van der Waals surface area contributed by atoms with Crippen LogP contribution in [0.3, 0.4) is 0 Å². The first-order valence-electron chi connectivity index (χ1n) is 20.0. The summed E-state index contributed by atoms with van der Waals surface area (Å²) in [6, 6.07) is 18.0. The Morgan fingerprint density at radius 1 is 0.982 bits per heavy atom. The van der Waals surface area contributed by atoms with Crippen LogP contribution in [-0.4, -0.2) is 94.6 Å². The average molecular weight is 796 g/mol. The van der Waals surface area contributed by atoms with Crippen molar-refractivity contribution in [3.05, 3.63) is 77.1 Å². The number of nitrogens with one attached hydrogen (secondary N) is 2. The molecule has 15 heteroatoms. The Kier molecular flexibility index (Phi) is 11.3. The molecule has 2 N–H and O–H groups in total. The van der Waals surface area contributed by atoms with E-state index in [4.69, 9.17) is 21.6 Å². The molecule has 3 aliphatic heterocycles. The number of anilines is 2. The molecule has 2 aromatic carbocycles. The van der Waals surface area contributed by atoms with Crippen molar-refractivity contribution < 1.29 is 23.5 Å². The first kappa shape index (κ1) is 38.6. The number of carbonyl (C=O) groups excluding carboxylic acids is 3. The van der Waals surface area contributed by atoms with E-state index in [0.717, 1.165) is 80.6 Å². The number of halogens is 2. The van der Waals surface area contributed by atoms with E-state index in [9.17, 15) is 14.4 Å². The van der Waals surface area contributed by atoms with Crippen molar-refractivity contribution in [1.29, 1.82) is 5.26 Å². The maximum atomic E-state index is 16.3. The number of piperidine rings is 2. The first-order chi connectivity index (χ1) is 27.6. The number of carbonyl (C=O) groups is 3. The number of urea groups is 1. The van der Waals surface area contributed by atoms with E-state index < -0.39 is 11.7 Å².